The largest absolute Gasteiger partial charge is 0.308 e. The van der Waals surface area contributed by atoms with Crippen LogP contribution in [0.1, 0.15) is 0 Å². The molecule has 9 aromatic rings. The molecule has 43 heavy (non-hydrogen) atoms. The molecule has 0 saturated carbocycles. The van der Waals surface area contributed by atoms with Crippen LogP contribution in [0.15, 0.2) is 128 Å². The molecule has 0 atom stereocenters. The van der Waals surface area contributed by atoms with Gasteiger partial charge in [0.2, 0.25) is 0 Å². The summed E-state index contributed by atoms with van der Waals surface area (Å²) in [5, 5.41) is 5.97. The molecule has 0 spiro atoms. The molecule has 200 valence electrons. The molecule has 3 aromatic carbocycles. The molecule has 0 saturated heterocycles. The molecule has 0 unspecified atom stereocenters. The zero-order chi connectivity index (χ0) is 28.3. The topological polar surface area (TPSA) is 80.6 Å². The Morgan fingerprint density at radius 3 is 0.930 bits per heavy atom. The Bertz CT molecular complexity index is 2260. The molecule has 0 aliphatic rings. The molecule has 7 heteroatoms. The zero-order valence-corrected chi connectivity index (χ0v) is 22.8. The normalized spacial score (nSPS) is 11.7. The maximum Gasteiger partial charge on any atom is 0.0985 e. The number of anilines is 3. The average Bonchev–Trinajstić information content (AvgIpc) is 3.08. The van der Waals surface area contributed by atoms with Gasteiger partial charge in [-0.1, -0.05) is 18.2 Å². The van der Waals surface area contributed by atoms with E-state index in [1.54, 1.807) is 0 Å². The highest BCUT2D eigenvalue weighted by Crippen LogP contribution is 2.47. The van der Waals surface area contributed by atoms with Crippen LogP contribution in [0.2, 0.25) is 0 Å². The maximum atomic E-state index is 4.83. The average molecular weight is 552 g/mol. The Labute approximate surface area is 245 Å². The number of hydrogen-bond acceptors (Lipinski definition) is 7. The van der Waals surface area contributed by atoms with Gasteiger partial charge in [-0.15, -0.1) is 0 Å². The predicted octanol–water partition coefficient (Wildman–Crippen LogP) is 8.45. The van der Waals surface area contributed by atoms with Gasteiger partial charge in [0.05, 0.1) is 50.2 Å². The maximum absolute atomic E-state index is 4.83. The lowest BCUT2D eigenvalue weighted by Gasteiger charge is -2.30. The van der Waals surface area contributed by atoms with Crippen molar-refractivity contribution >= 4 is 82.5 Å². The minimum Gasteiger partial charge on any atom is -0.308 e. The summed E-state index contributed by atoms with van der Waals surface area (Å²) in [4.78, 5) is 31.0. The van der Waals surface area contributed by atoms with Crippen molar-refractivity contribution in [2.45, 2.75) is 0 Å². The molecule has 0 N–H and O–H groups in total. The van der Waals surface area contributed by atoms with Crippen molar-refractivity contribution in [3.8, 4) is 0 Å². The standard InChI is InChI=1S/C36H21N7/c1-7-22-19-28(25-10-4-16-40-34(25)31(22)37-13-1)43(29-20-23-8-2-14-38-32(23)35-26(29)11-5-17-41-35)30-21-24-9-3-15-39-33(24)36-27(30)12-6-18-42-36/h1-21H. The van der Waals surface area contributed by atoms with Crippen molar-refractivity contribution in [3.63, 3.8) is 0 Å². The third-order valence-corrected chi connectivity index (χ3v) is 8.04. The molecule has 0 amide bonds. The summed E-state index contributed by atoms with van der Waals surface area (Å²) in [6, 6.07) is 31.1. The van der Waals surface area contributed by atoms with Gasteiger partial charge in [-0.05, 0) is 72.8 Å². The minimum absolute atomic E-state index is 0.843. The molecule has 0 fully saturated rings. The third kappa shape index (κ3) is 3.55. The Morgan fingerprint density at radius 1 is 0.326 bits per heavy atom. The number of pyridine rings is 6. The summed E-state index contributed by atoms with van der Waals surface area (Å²) in [5.41, 5.74) is 8.06. The van der Waals surface area contributed by atoms with E-state index in [1.807, 2.05) is 73.6 Å². The van der Waals surface area contributed by atoms with E-state index in [9.17, 15) is 0 Å². The second-order valence-corrected chi connectivity index (χ2v) is 10.4. The van der Waals surface area contributed by atoms with Crippen LogP contribution < -0.4 is 4.90 Å². The molecule has 0 aliphatic heterocycles. The first-order chi connectivity index (χ1) is 21.3. The van der Waals surface area contributed by atoms with E-state index < -0.39 is 0 Å². The summed E-state index contributed by atoms with van der Waals surface area (Å²) in [6.45, 7) is 0. The smallest absolute Gasteiger partial charge is 0.0985 e. The molecule has 7 nitrogen and oxygen atoms in total. The van der Waals surface area contributed by atoms with Crippen molar-refractivity contribution in [3.05, 3.63) is 128 Å². The lowest BCUT2D eigenvalue weighted by atomic mass is 10.0. The zero-order valence-electron chi connectivity index (χ0n) is 22.8. The van der Waals surface area contributed by atoms with Crippen LogP contribution in [0, 0.1) is 0 Å². The van der Waals surface area contributed by atoms with Gasteiger partial charge >= 0.3 is 0 Å². The third-order valence-electron chi connectivity index (χ3n) is 8.04. The molecule has 0 aliphatic carbocycles. The van der Waals surface area contributed by atoms with E-state index in [0.717, 1.165) is 82.5 Å². The van der Waals surface area contributed by atoms with Gasteiger partial charge in [-0.3, -0.25) is 29.9 Å². The van der Waals surface area contributed by atoms with Crippen molar-refractivity contribution in [2.24, 2.45) is 0 Å². The number of fused-ring (bicyclic) bond motifs is 9. The SMILES string of the molecule is c1cnc2c(c1)cc(N(c1cc3cccnc3c3ncccc13)c1cc3cccnc3c3ncccc13)c1cccnc12. The Balaban J connectivity index is 1.51. The van der Waals surface area contributed by atoms with Gasteiger partial charge in [0.15, 0.2) is 0 Å². The highest BCUT2D eigenvalue weighted by Gasteiger charge is 2.24. The van der Waals surface area contributed by atoms with Gasteiger partial charge < -0.3 is 4.90 Å². The van der Waals surface area contributed by atoms with Crippen LogP contribution in [-0.4, -0.2) is 29.9 Å². The summed E-state index contributed by atoms with van der Waals surface area (Å²) >= 11 is 0. The number of aromatic nitrogens is 6. The van der Waals surface area contributed by atoms with E-state index >= 15 is 0 Å². The van der Waals surface area contributed by atoms with Crippen LogP contribution in [-0.2, 0) is 0 Å². The van der Waals surface area contributed by atoms with Gasteiger partial charge in [-0.2, -0.15) is 0 Å². The summed E-state index contributed by atoms with van der Waals surface area (Å²) in [7, 11) is 0. The van der Waals surface area contributed by atoms with Crippen molar-refractivity contribution in [1.82, 2.24) is 29.9 Å². The van der Waals surface area contributed by atoms with Crippen LogP contribution >= 0.6 is 0 Å². The molecule has 6 heterocycles. The fourth-order valence-electron chi connectivity index (χ4n) is 6.22. The van der Waals surface area contributed by atoms with Crippen molar-refractivity contribution < 1.29 is 0 Å². The van der Waals surface area contributed by atoms with Gasteiger partial charge in [0, 0.05) is 69.5 Å². The number of nitrogens with zero attached hydrogens (tertiary/aromatic N) is 7. The van der Waals surface area contributed by atoms with Gasteiger partial charge in [0.25, 0.3) is 0 Å². The highest BCUT2D eigenvalue weighted by atomic mass is 15.2. The lowest BCUT2D eigenvalue weighted by molar-refractivity contribution is 1.30. The number of rotatable bonds is 3. The summed E-state index contributed by atoms with van der Waals surface area (Å²) < 4.78 is 0. The number of hydrogen-bond donors (Lipinski definition) is 0. The minimum atomic E-state index is 0.843. The highest BCUT2D eigenvalue weighted by molar-refractivity contribution is 6.19. The first-order valence-electron chi connectivity index (χ1n) is 14.0. The van der Waals surface area contributed by atoms with E-state index in [2.05, 4.69) is 59.5 Å². The second kappa shape index (κ2) is 9.22. The van der Waals surface area contributed by atoms with E-state index in [-0.39, 0.29) is 0 Å². The molecule has 6 aromatic heterocycles. The monoisotopic (exact) mass is 551 g/mol. The lowest BCUT2D eigenvalue weighted by Crippen LogP contribution is -2.13. The quantitative estimate of drug-likeness (QED) is 0.204. The first-order valence-corrected chi connectivity index (χ1v) is 14.0. The molecule has 0 bridgehead atoms. The Morgan fingerprint density at radius 2 is 0.605 bits per heavy atom. The van der Waals surface area contributed by atoms with E-state index in [0.29, 0.717) is 0 Å². The van der Waals surface area contributed by atoms with Gasteiger partial charge in [-0.25, -0.2) is 0 Å². The molecule has 9 rings (SSSR count). The van der Waals surface area contributed by atoms with E-state index in [1.165, 1.54) is 0 Å². The van der Waals surface area contributed by atoms with Gasteiger partial charge in [0.1, 0.15) is 0 Å². The summed E-state index contributed by atoms with van der Waals surface area (Å²) in [5.74, 6) is 0. The van der Waals surface area contributed by atoms with Crippen molar-refractivity contribution in [1.29, 1.82) is 0 Å². The van der Waals surface area contributed by atoms with Crippen LogP contribution in [0.4, 0.5) is 17.1 Å². The van der Waals surface area contributed by atoms with Crippen molar-refractivity contribution in [2.75, 3.05) is 4.90 Å². The van der Waals surface area contributed by atoms with Crippen LogP contribution in [0.25, 0.3) is 65.4 Å². The molecular weight excluding hydrogens is 530 g/mol. The number of benzene rings is 3. The second-order valence-electron chi connectivity index (χ2n) is 10.4. The fraction of sp³-hybridized carbons (Fsp3) is 0. The Hall–Kier alpha value is -6.08. The first kappa shape index (κ1) is 23.6. The van der Waals surface area contributed by atoms with Crippen LogP contribution in [0.3, 0.4) is 0 Å². The molecular formula is C36H21N7. The summed E-state index contributed by atoms with van der Waals surface area (Å²) in [6.07, 6.45) is 10.9. The predicted molar refractivity (Wildman–Crippen MR) is 173 cm³/mol. The molecule has 0 radical (unpaired) electrons. The van der Waals surface area contributed by atoms with E-state index in [4.69, 9.17) is 29.9 Å². The van der Waals surface area contributed by atoms with Crippen LogP contribution in [0.5, 0.6) is 0 Å². The Kier molecular flexibility index (Phi) is 5.06. The fourth-order valence-corrected chi connectivity index (χ4v) is 6.22.